The summed E-state index contributed by atoms with van der Waals surface area (Å²) in [6.07, 6.45) is 2.22. The van der Waals surface area contributed by atoms with E-state index in [1.807, 2.05) is 20.8 Å². The Morgan fingerprint density at radius 3 is 2.23 bits per heavy atom. The Morgan fingerprint density at radius 2 is 1.73 bits per heavy atom. The number of carbonyl (C=O) groups excluding carboxylic acids is 2. The summed E-state index contributed by atoms with van der Waals surface area (Å²) in [6, 6.07) is 0. The van der Waals surface area contributed by atoms with Gasteiger partial charge in [-0.05, 0) is 51.4 Å². The van der Waals surface area contributed by atoms with Crippen LogP contribution in [0.2, 0.25) is 0 Å². The van der Waals surface area contributed by atoms with E-state index in [-0.39, 0.29) is 30.7 Å². The zero-order chi connectivity index (χ0) is 20.0. The molecule has 2 fully saturated rings. The smallest absolute Gasteiger partial charge is 0.358 e. The van der Waals surface area contributed by atoms with Gasteiger partial charge in [-0.3, -0.25) is 4.79 Å². The van der Waals surface area contributed by atoms with Crippen LogP contribution in [-0.2, 0) is 23.8 Å². The van der Waals surface area contributed by atoms with E-state index in [9.17, 15) is 9.59 Å². The predicted molar refractivity (Wildman–Crippen MR) is 100 cm³/mol. The molecule has 0 radical (unpaired) electrons. The number of halogens is 3. The summed E-state index contributed by atoms with van der Waals surface area (Å²) in [5.41, 5.74) is -1.47. The minimum absolute atomic E-state index is 0.0429. The van der Waals surface area contributed by atoms with Crippen LogP contribution in [0.1, 0.15) is 53.9 Å². The van der Waals surface area contributed by atoms with Crippen LogP contribution >= 0.6 is 34.8 Å². The topological polar surface area (TPSA) is 61.8 Å². The second kappa shape index (κ2) is 7.31. The van der Waals surface area contributed by atoms with Gasteiger partial charge in [-0.2, -0.15) is 0 Å². The SMILES string of the molecule is CC(C)(C)OC(=O)[C@]12CC[C@H](C[C@H]1OCCOC(=O)C(Cl)(Cl)Cl)C2(C)C. The van der Waals surface area contributed by atoms with Crippen molar-refractivity contribution in [2.75, 3.05) is 13.2 Å². The van der Waals surface area contributed by atoms with Crippen molar-refractivity contribution in [3.8, 4) is 0 Å². The predicted octanol–water partition coefficient (Wildman–Crippen LogP) is 4.45. The van der Waals surface area contributed by atoms with Crippen molar-refractivity contribution < 1.29 is 23.8 Å². The summed E-state index contributed by atoms with van der Waals surface area (Å²) in [5.74, 6) is -0.761. The maximum atomic E-state index is 13.1. The van der Waals surface area contributed by atoms with E-state index in [1.54, 1.807) is 0 Å². The molecule has 2 aliphatic rings. The van der Waals surface area contributed by atoms with Crippen LogP contribution in [-0.4, -0.2) is 40.6 Å². The summed E-state index contributed by atoms with van der Waals surface area (Å²) in [7, 11) is 0. The molecule has 0 saturated heterocycles. The second-order valence-corrected chi connectivity index (χ2v) is 10.9. The average Bonchev–Trinajstić information content (AvgIpc) is 2.84. The van der Waals surface area contributed by atoms with E-state index in [1.165, 1.54) is 0 Å². The maximum absolute atomic E-state index is 13.1. The number of alkyl halides is 3. The molecule has 2 bridgehead atoms. The molecular weight excluding hydrogens is 403 g/mol. The Bertz CT molecular complexity index is 564. The van der Waals surface area contributed by atoms with Crippen molar-refractivity contribution in [3.05, 3.63) is 0 Å². The first-order chi connectivity index (χ1) is 11.7. The van der Waals surface area contributed by atoms with Crippen molar-refractivity contribution in [2.24, 2.45) is 16.7 Å². The van der Waals surface area contributed by atoms with E-state index < -0.39 is 20.8 Å². The minimum atomic E-state index is -2.11. The molecular formula is C18H27Cl3O5. The van der Waals surface area contributed by atoms with Gasteiger partial charge in [-0.1, -0.05) is 48.7 Å². The van der Waals surface area contributed by atoms with Gasteiger partial charge in [0, 0.05) is 0 Å². The van der Waals surface area contributed by atoms with E-state index in [0.717, 1.165) is 19.3 Å². The van der Waals surface area contributed by atoms with Gasteiger partial charge in [0.1, 0.15) is 12.2 Å². The van der Waals surface area contributed by atoms with E-state index in [2.05, 4.69) is 13.8 Å². The minimum Gasteiger partial charge on any atom is -0.460 e. The van der Waals surface area contributed by atoms with Crippen molar-refractivity contribution in [3.63, 3.8) is 0 Å². The van der Waals surface area contributed by atoms with Crippen LogP contribution in [0.25, 0.3) is 0 Å². The molecule has 2 saturated carbocycles. The third-order valence-corrected chi connectivity index (χ3v) is 6.20. The standard InChI is InChI=1S/C18H27Cl3O5/c1-15(2,3)26-13(22)17-7-6-11(16(17,4)5)10-12(17)24-8-9-25-14(23)18(19,20)21/h11-12H,6-10H2,1-5H3/t11-,12-,17+/m1/s1. The normalized spacial score (nSPS) is 30.3. The summed E-state index contributed by atoms with van der Waals surface area (Å²) < 4.78 is 14.5. The molecule has 3 atom stereocenters. The molecule has 0 aliphatic heterocycles. The molecule has 26 heavy (non-hydrogen) atoms. The molecule has 0 heterocycles. The summed E-state index contributed by atoms with van der Waals surface area (Å²) in [4.78, 5) is 24.6. The van der Waals surface area contributed by atoms with Gasteiger partial charge >= 0.3 is 11.9 Å². The van der Waals surface area contributed by atoms with Crippen molar-refractivity contribution in [1.82, 2.24) is 0 Å². The van der Waals surface area contributed by atoms with Crippen LogP contribution < -0.4 is 0 Å². The first-order valence-corrected chi connectivity index (χ1v) is 9.94. The number of hydrogen-bond acceptors (Lipinski definition) is 5. The number of fused-ring (bicyclic) bond motifs is 2. The quantitative estimate of drug-likeness (QED) is 0.367. The van der Waals surface area contributed by atoms with Crippen LogP contribution in [0.5, 0.6) is 0 Å². The second-order valence-electron chi connectivity index (χ2n) is 8.66. The lowest BCUT2D eigenvalue weighted by atomic mass is 9.68. The van der Waals surface area contributed by atoms with E-state index in [0.29, 0.717) is 5.92 Å². The molecule has 0 aromatic rings. The molecule has 8 heteroatoms. The first kappa shape index (κ1) is 22.1. The Morgan fingerprint density at radius 1 is 1.12 bits per heavy atom. The van der Waals surface area contributed by atoms with Crippen LogP contribution in [0, 0.1) is 16.7 Å². The fourth-order valence-electron chi connectivity index (χ4n) is 4.38. The molecule has 0 amide bonds. The fraction of sp³-hybridized carbons (Fsp3) is 0.889. The molecule has 0 unspecified atom stereocenters. The lowest BCUT2D eigenvalue weighted by Gasteiger charge is -2.41. The third-order valence-electron chi connectivity index (χ3n) is 5.74. The molecule has 150 valence electrons. The van der Waals surface area contributed by atoms with Gasteiger partial charge in [-0.25, -0.2) is 4.79 Å². The van der Waals surface area contributed by atoms with Gasteiger partial charge in [0.05, 0.1) is 18.1 Å². The Kier molecular flexibility index (Phi) is 6.20. The highest BCUT2D eigenvalue weighted by atomic mass is 35.6. The van der Waals surface area contributed by atoms with Crippen molar-refractivity contribution in [2.45, 2.75) is 69.4 Å². The average molecular weight is 430 g/mol. The molecule has 0 spiro atoms. The van der Waals surface area contributed by atoms with Gasteiger partial charge in [0.2, 0.25) is 0 Å². The van der Waals surface area contributed by atoms with Crippen molar-refractivity contribution in [1.29, 1.82) is 0 Å². The fourth-order valence-corrected chi connectivity index (χ4v) is 4.54. The zero-order valence-corrected chi connectivity index (χ0v) is 18.1. The highest BCUT2D eigenvalue weighted by molar-refractivity contribution is 6.75. The molecule has 0 aromatic heterocycles. The molecule has 2 aliphatic carbocycles. The highest BCUT2D eigenvalue weighted by Gasteiger charge is 2.69. The monoisotopic (exact) mass is 428 g/mol. The molecule has 5 nitrogen and oxygen atoms in total. The molecule has 0 N–H and O–H groups in total. The summed E-state index contributed by atoms with van der Waals surface area (Å²) in [5, 5.41) is 0. The summed E-state index contributed by atoms with van der Waals surface area (Å²) in [6.45, 7) is 9.90. The summed E-state index contributed by atoms with van der Waals surface area (Å²) >= 11 is 16.4. The number of carbonyl (C=O) groups is 2. The van der Waals surface area contributed by atoms with Gasteiger partial charge in [0.25, 0.3) is 3.79 Å². The highest BCUT2D eigenvalue weighted by Crippen LogP contribution is 2.67. The lowest BCUT2D eigenvalue weighted by Crippen LogP contribution is -2.50. The van der Waals surface area contributed by atoms with Gasteiger partial charge in [-0.15, -0.1) is 0 Å². The molecule has 2 rings (SSSR count). The lowest BCUT2D eigenvalue weighted by molar-refractivity contribution is -0.185. The maximum Gasteiger partial charge on any atom is 0.358 e. The Labute approximate surface area is 170 Å². The van der Waals surface area contributed by atoms with Crippen molar-refractivity contribution >= 4 is 46.7 Å². The van der Waals surface area contributed by atoms with Gasteiger partial charge < -0.3 is 14.2 Å². The number of ether oxygens (including phenoxy) is 3. The van der Waals surface area contributed by atoms with Crippen LogP contribution in [0.15, 0.2) is 0 Å². The van der Waals surface area contributed by atoms with E-state index >= 15 is 0 Å². The number of hydrogen-bond donors (Lipinski definition) is 0. The Hall–Kier alpha value is -0.230. The van der Waals surface area contributed by atoms with E-state index in [4.69, 9.17) is 49.0 Å². The van der Waals surface area contributed by atoms with Crippen LogP contribution in [0.4, 0.5) is 0 Å². The number of rotatable bonds is 5. The largest absolute Gasteiger partial charge is 0.460 e. The molecule has 0 aromatic carbocycles. The third kappa shape index (κ3) is 4.11. The first-order valence-electron chi connectivity index (χ1n) is 8.81. The van der Waals surface area contributed by atoms with Gasteiger partial charge in [0.15, 0.2) is 0 Å². The van der Waals surface area contributed by atoms with Crippen LogP contribution in [0.3, 0.4) is 0 Å². The number of esters is 2. The zero-order valence-electron chi connectivity index (χ0n) is 15.9. The Balaban J connectivity index is 2.04.